The number of rotatable bonds is 9. The van der Waals surface area contributed by atoms with Crippen LogP contribution in [-0.4, -0.2) is 11.8 Å². The van der Waals surface area contributed by atoms with Gasteiger partial charge in [0.05, 0.1) is 10.7 Å². The van der Waals surface area contributed by atoms with Crippen molar-refractivity contribution in [3.63, 3.8) is 0 Å². The molecule has 0 saturated heterocycles. The van der Waals surface area contributed by atoms with Crippen molar-refractivity contribution >= 4 is 29.1 Å². The van der Waals surface area contributed by atoms with Crippen LogP contribution in [0.3, 0.4) is 0 Å². The van der Waals surface area contributed by atoms with Crippen molar-refractivity contribution in [3.05, 3.63) is 28.8 Å². The number of anilines is 1. The van der Waals surface area contributed by atoms with Gasteiger partial charge in [0.2, 0.25) is 11.8 Å². The highest BCUT2D eigenvalue weighted by atomic mass is 35.5. The number of carbonyl (C=O) groups is 2. The molecule has 0 spiro atoms. The standard InChI is InChI=1S/C19H29ClN2O2/c1-5-7-13(3)18(23)21-12-15-9-10-16(20)17(11-15)22-19(24)14(4)8-6-2/h9-11,13-14H,5-8,12H2,1-4H3,(H,21,23)(H,22,24)/t13-,14-/m0/s1. The van der Waals surface area contributed by atoms with Crippen molar-refractivity contribution in [1.82, 2.24) is 5.32 Å². The largest absolute Gasteiger partial charge is 0.352 e. The summed E-state index contributed by atoms with van der Waals surface area (Å²) in [4.78, 5) is 24.1. The lowest BCUT2D eigenvalue weighted by atomic mass is 10.0. The molecule has 134 valence electrons. The summed E-state index contributed by atoms with van der Waals surface area (Å²) >= 11 is 6.17. The molecule has 1 rings (SSSR count). The van der Waals surface area contributed by atoms with Crippen molar-refractivity contribution in [3.8, 4) is 0 Å². The molecule has 0 aliphatic heterocycles. The molecular formula is C19H29ClN2O2. The Labute approximate surface area is 150 Å². The normalized spacial score (nSPS) is 13.2. The Balaban J connectivity index is 2.69. The Morgan fingerprint density at radius 3 is 2.21 bits per heavy atom. The van der Waals surface area contributed by atoms with Gasteiger partial charge in [-0.3, -0.25) is 9.59 Å². The topological polar surface area (TPSA) is 58.2 Å². The van der Waals surface area contributed by atoms with E-state index in [0.29, 0.717) is 17.3 Å². The number of hydrogen-bond donors (Lipinski definition) is 2. The van der Waals surface area contributed by atoms with Gasteiger partial charge in [-0.25, -0.2) is 0 Å². The lowest BCUT2D eigenvalue weighted by Crippen LogP contribution is -2.28. The van der Waals surface area contributed by atoms with Gasteiger partial charge < -0.3 is 10.6 Å². The molecule has 0 heterocycles. The van der Waals surface area contributed by atoms with E-state index in [1.165, 1.54) is 0 Å². The molecule has 2 amide bonds. The van der Waals surface area contributed by atoms with Gasteiger partial charge in [-0.1, -0.05) is 58.2 Å². The molecule has 0 saturated carbocycles. The van der Waals surface area contributed by atoms with E-state index in [9.17, 15) is 9.59 Å². The molecule has 0 aliphatic rings. The van der Waals surface area contributed by atoms with E-state index in [4.69, 9.17) is 11.6 Å². The monoisotopic (exact) mass is 352 g/mol. The van der Waals surface area contributed by atoms with E-state index in [1.54, 1.807) is 6.07 Å². The van der Waals surface area contributed by atoms with Crippen molar-refractivity contribution in [2.45, 2.75) is 59.9 Å². The number of hydrogen-bond acceptors (Lipinski definition) is 2. The van der Waals surface area contributed by atoms with E-state index in [2.05, 4.69) is 24.5 Å². The van der Waals surface area contributed by atoms with E-state index in [0.717, 1.165) is 31.2 Å². The maximum Gasteiger partial charge on any atom is 0.227 e. The summed E-state index contributed by atoms with van der Waals surface area (Å²) in [6, 6.07) is 5.43. The average molecular weight is 353 g/mol. The molecule has 0 bridgehead atoms. The molecule has 2 N–H and O–H groups in total. The Bertz CT molecular complexity index is 560. The van der Waals surface area contributed by atoms with Gasteiger partial charge in [0.25, 0.3) is 0 Å². The third-order valence-corrected chi connectivity index (χ3v) is 4.42. The van der Waals surface area contributed by atoms with Crippen LogP contribution in [0.5, 0.6) is 0 Å². The fourth-order valence-corrected chi connectivity index (χ4v) is 2.69. The van der Waals surface area contributed by atoms with Crippen LogP contribution in [-0.2, 0) is 16.1 Å². The lowest BCUT2D eigenvalue weighted by Gasteiger charge is -2.14. The first-order chi connectivity index (χ1) is 11.4. The number of carbonyl (C=O) groups excluding carboxylic acids is 2. The highest BCUT2D eigenvalue weighted by Gasteiger charge is 2.14. The first-order valence-corrected chi connectivity index (χ1v) is 9.13. The Kier molecular flexibility index (Phi) is 8.83. The molecule has 0 aromatic heterocycles. The first kappa shape index (κ1) is 20.5. The molecule has 4 nitrogen and oxygen atoms in total. The first-order valence-electron chi connectivity index (χ1n) is 8.76. The third kappa shape index (κ3) is 6.52. The summed E-state index contributed by atoms with van der Waals surface area (Å²) in [5.74, 6) is -0.0221. The van der Waals surface area contributed by atoms with Crippen LogP contribution < -0.4 is 10.6 Å². The highest BCUT2D eigenvalue weighted by molar-refractivity contribution is 6.33. The number of amides is 2. The van der Waals surface area contributed by atoms with Crippen molar-refractivity contribution < 1.29 is 9.59 Å². The molecule has 0 radical (unpaired) electrons. The third-order valence-electron chi connectivity index (χ3n) is 4.09. The zero-order chi connectivity index (χ0) is 18.1. The fourth-order valence-electron chi connectivity index (χ4n) is 2.53. The Morgan fingerprint density at radius 1 is 1.04 bits per heavy atom. The van der Waals surface area contributed by atoms with Gasteiger partial charge in [-0.2, -0.15) is 0 Å². The second-order valence-electron chi connectivity index (χ2n) is 6.40. The molecule has 0 fully saturated rings. The summed E-state index contributed by atoms with van der Waals surface area (Å²) < 4.78 is 0. The van der Waals surface area contributed by atoms with Gasteiger partial charge in [-0.05, 0) is 30.5 Å². The summed E-state index contributed by atoms with van der Waals surface area (Å²) in [5.41, 5.74) is 1.51. The van der Waals surface area contributed by atoms with Gasteiger partial charge in [0, 0.05) is 18.4 Å². The maximum absolute atomic E-state index is 12.2. The van der Waals surface area contributed by atoms with Gasteiger partial charge in [-0.15, -0.1) is 0 Å². The fraction of sp³-hybridized carbons (Fsp3) is 0.579. The minimum Gasteiger partial charge on any atom is -0.352 e. The summed E-state index contributed by atoms with van der Waals surface area (Å²) in [6.45, 7) is 8.39. The van der Waals surface area contributed by atoms with Crippen LogP contribution in [0.4, 0.5) is 5.69 Å². The van der Waals surface area contributed by atoms with Crippen molar-refractivity contribution in [1.29, 1.82) is 0 Å². The molecule has 24 heavy (non-hydrogen) atoms. The van der Waals surface area contributed by atoms with E-state index < -0.39 is 0 Å². The predicted octanol–water partition coefficient (Wildman–Crippen LogP) is 4.77. The van der Waals surface area contributed by atoms with Crippen LogP contribution in [0.1, 0.15) is 58.9 Å². The molecule has 1 aromatic carbocycles. The van der Waals surface area contributed by atoms with Crippen molar-refractivity contribution in [2.75, 3.05) is 5.32 Å². The molecule has 0 aliphatic carbocycles. The van der Waals surface area contributed by atoms with Gasteiger partial charge in [0.1, 0.15) is 0 Å². The van der Waals surface area contributed by atoms with Crippen LogP contribution in [0.15, 0.2) is 18.2 Å². The lowest BCUT2D eigenvalue weighted by molar-refractivity contribution is -0.125. The van der Waals surface area contributed by atoms with E-state index in [1.807, 2.05) is 26.0 Å². The van der Waals surface area contributed by atoms with Gasteiger partial charge in [0.15, 0.2) is 0 Å². The molecule has 5 heteroatoms. The molecular weight excluding hydrogens is 324 g/mol. The van der Waals surface area contributed by atoms with Crippen molar-refractivity contribution in [2.24, 2.45) is 11.8 Å². The van der Waals surface area contributed by atoms with Crippen LogP contribution in [0.25, 0.3) is 0 Å². The average Bonchev–Trinajstić information content (AvgIpc) is 2.55. The van der Waals surface area contributed by atoms with E-state index in [-0.39, 0.29) is 23.7 Å². The molecule has 2 atom stereocenters. The summed E-state index contributed by atoms with van der Waals surface area (Å²) in [6.07, 6.45) is 3.67. The Morgan fingerprint density at radius 2 is 1.62 bits per heavy atom. The maximum atomic E-state index is 12.2. The minimum absolute atomic E-state index is 0.0105. The number of nitrogens with one attached hydrogen (secondary N) is 2. The SMILES string of the molecule is CCC[C@H](C)C(=O)NCc1ccc(Cl)c(NC(=O)[C@@H](C)CCC)c1. The van der Waals surface area contributed by atoms with Crippen LogP contribution >= 0.6 is 11.6 Å². The number of halogens is 1. The minimum atomic E-state index is -0.0516. The second-order valence-corrected chi connectivity index (χ2v) is 6.81. The number of benzene rings is 1. The van der Waals surface area contributed by atoms with Crippen LogP contribution in [0, 0.1) is 11.8 Å². The quantitative estimate of drug-likeness (QED) is 0.672. The van der Waals surface area contributed by atoms with Gasteiger partial charge >= 0.3 is 0 Å². The zero-order valence-corrected chi connectivity index (χ0v) is 15.9. The predicted molar refractivity (Wildman–Crippen MR) is 100 cm³/mol. The smallest absolute Gasteiger partial charge is 0.227 e. The molecule has 0 unspecified atom stereocenters. The zero-order valence-electron chi connectivity index (χ0n) is 15.1. The molecule has 1 aromatic rings. The second kappa shape index (κ2) is 10.3. The van der Waals surface area contributed by atoms with E-state index >= 15 is 0 Å². The summed E-state index contributed by atoms with van der Waals surface area (Å²) in [5, 5.41) is 6.32. The highest BCUT2D eigenvalue weighted by Crippen LogP contribution is 2.24. The summed E-state index contributed by atoms with van der Waals surface area (Å²) in [7, 11) is 0. The Hall–Kier alpha value is -1.55. The van der Waals surface area contributed by atoms with Crippen LogP contribution in [0.2, 0.25) is 5.02 Å².